The number of hydrogen-bond donors (Lipinski definition) is 2. The van der Waals surface area contributed by atoms with Crippen molar-refractivity contribution in [1.82, 2.24) is 15.3 Å². The smallest absolute Gasteiger partial charge is 0.260 e. The molecule has 0 bridgehead atoms. The van der Waals surface area contributed by atoms with Crippen molar-refractivity contribution < 1.29 is 14.3 Å². The molecule has 0 saturated heterocycles. The van der Waals surface area contributed by atoms with Gasteiger partial charge in [0.1, 0.15) is 4.83 Å². The average Bonchev–Trinajstić information content (AvgIpc) is 3.36. The van der Waals surface area contributed by atoms with E-state index in [1.807, 2.05) is 23.6 Å². The highest BCUT2D eigenvalue weighted by Gasteiger charge is 2.16. The van der Waals surface area contributed by atoms with Gasteiger partial charge in [0.05, 0.1) is 25.4 Å². The third-order valence-electron chi connectivity index (χ3n) is 6.61. The molecule has 0 atom stereocenters. The Morgan fingerprint density at radius 3 is 2.70 bits per heavy atom. The summed E-state index contributed by atoms with van der Waals surface area (Å²) in [4.78, 5) is 33.6. The van der Waals surface area contributed by atoms with Crippen LogP contribution in [0, 0.1) is 0 Å². The number of hydrogen-bond acceptors (Lipinski definition) is 7. The van der Waals surface area contributed by atoms with Gasteiger partial charge in [0.2, 0.25) is 5.91 Å². The van der Waals surface area contributed by atoms with E-state index < -0.39 is 0 Å². The number of carbonyl (C=O) groups excluding carboxylic acids is 1. The molecule has 2 aromatic carbocycles. The quantitative estimate of drug-likeness (QED) is 0.232. The van der Waals surface area contributed by atoms with Gasteiger partial charge in [-0.15, -0.1) is 11.3 Å². The Balaban J connectivity index is 1.20. The Kier molecular flexibility index (Phi) is 7.81. The van der Waals surface area contributed by atoms with Crippen molar-refractivity contribution in [3.05, 3.63) is 68.8 Å². The molecule has 1 amide bonds. The fourth-order valence-corrected chi connectivity index (χ4v) is 6.37. The maximum atomic E-state index is 13.0. The molecule has 0 fully saturated rings. The summed E-state index contributed by atoms with van der Waals surface area (Å²) in [6.45, 7) is 0.493. The molecule has 1 aliphatic rings. The molecule has 0 aliphatic heterocycles. The van der Waals surface area contributed by atoms with Crippen LogP contribution in [0.15, 0.2) is 51.7 Å². The van der Waals surface area contributed by atoms with Crippen molar-refractivity contribution in [1.29, 1.82) is 0 Å². The van der Waals surface area contributed by atoms with Crippen LogP contribution in [-0.2, 0) is 24.1 Å². The molecule has 0 saturated carbocycles. The third-order valence-corrected chi connectivity index (χ3v) is 8.35. The second kappa shape index (κ2) is 11.4. The van der Waals surface area contributed by atoms with Gasteiger partial charge >= 0.3 is 0 Å². The summed E-state index contributed by atoms with van der Waals surface area (Å²) in [6.07, 6.45) is 5.35. The van der Waals surface area contributed by atoms with E-state index in [4.69, 9.17) is 9.47 Å². The van der Waals surface area contributed by atoms with E-state index in [1.54, 1.807) is 14.2 Å². The lowest BCUT2D eigenvalue weighted by Crippen LogP contribution is -2.27. The first-order valence-corrected chi connectivity index (χ1v) is 14.2. The van der Waals surface area contributed by atoms with Crippen LogP contribution in [0.4, 0.5) is 0 Å². The molecule has 4 aromatic rings. The van der Waals surface area contributed by atoms with E-state index in [9.17, 15) is 9.59 Å². The summed E-state index contributed by atoms with van der Waals surface area (Å²) in [5.74, 6) is 1.39. The molecule has 2 heterocycles. The minimum Gasteiger partial charge on any atom is -0.493 e. The summed E-state index contributed by atoms with van der Waals surface area (Å²) in [5, 5.41) is 5.99. The van der Waals surface area contributed by atoms with E-state index in [-0.39, 0.29) is 17.2 Å². The number of nitrogens with one attached hydrogen (secondary N) is 2. The Labute approximate surface area is 223 Å². The van der Waals surface area contributed by atoms with Crippen molar-refractivity contribution in [2.45, 2.75) is 37.3 Å². The number of aryl methyl sites for hydroxylation is 2. The number of rotatable bonds is 9. The average molecular weight is 536 g/mol. The minimum atomic E-state index is -0.171. The second-order valence-corrected chi connectivity index (χ2v) is 10.8. The molecular formula is C28H29N3O4S2. The summed E-state index contributed by atoms with van der Waals surface area (Å²) in [5.41, 5.74) is 5.66. The number of aromatic nitrogens is 2. The van der Waals surface area contributed by atoms with E-state index >= 15 is 0 Å². The number of nitrogens with zero attached hydrogens (tertiary/aromatic N) is 1. The van der Waals surface area contributed by atoms with Crippen LogP contribution in [0.3, 0.4) is 0 Å². The lowest BCUT2D eigenvalue weighted by molar-refractivity contribution is -0.118. The zero-order valence-electron chi connectivity index (χ0n) is 20.9. The van der Waals surface area contributed by atoms with Crippen molar-refractivity contribution in [2.75, 3.05) is 26.5 Å². The normalized spacial score (nSPS) is 12.8. The largest absolute Gasteiger partial charge is 0.493 e. The molecule has 5 rings (SSSR count). The zero-order chi connectivity index (χ0) is 25.8. The zero-order valence-corrected chi connectivity index (χ0v) is 22.5. The van der Waals surface area contributed by atoms with Gasteiger partial charge in [0, 0.05) is 17.5 Å². The number of aromatic amines is 1. The van der Waals surface area contributed by atoms with Gasteiger partial charge in [-0.2, -0.15) is 0 Å². The number of carbonyl (C=O) groups is 1. The van der Waals surface area contributed by atoms with Crippen molar-refractivity contribution in [2.24, 2.45) is 0 Å². The highest BCUT2D eigenvalue weighted by atomic mass is 32.2. The van der Waals surface area contributed by atoms with Crippen molar-refractivity contribution >= 4 is 39.2 Å². The Morgan fingerprint density at radius 1 is 1.08 bits per heavy atom. The van der Waals surface area contributed by atoms with Gasteiger partial charge in [-0.05, 0) is 66.5 Å². The molecule has 2 aromatic heterocycles. The third kappa shape index (κ3) is 5.67. The summed E-state index contributed by atoms with van der Waals surface area (Å²) < 4.78 is 10.6. The predicted octanol–water partition coefficient (Wildman–Crippen LogP) is 5.00. The number of fused-ring (bicyclic) bond motifs is 2. The number of thiophene rings is 1. The van der Waals surface area contributed by atoms with Gasteiger partial charge in [0.25, 0.3) is 5.56 Å². The van der Waals surface area contributed by atoms with Crippen molar-refractivity contribution in [3.63, 3.8) is 0 Å². The van der Waals surface area contributed by atoms with Crippen LogP contribution in [0.2, 0.25) is 0 Å². The Hall–Kier alpha value is -3.30. The van der Waals surface area contributed by atoms with Gasteiger partial charge < -0.3 is 19.8 Å². The molecule has 7 nitrogen and oxygen atoms in total. The van der Waals surface area contributed by atoms with Crippen LogP contribution in [0.1, 0.15) is 29.5 Å². The number of methoxy groups -OCH3 is 2. The second-order valence-electron chi connectivity index (χ2n) is 8.97. The Morgan fingerprint density at radius 2 is 1.89 bits per heavy atom. The fraction of sp³-hybridized carbons (Fsp3) is 0.321. The molecule has 2 N–H and O–H groups in total. The summed E-state index contributed by atoms with van der Waals surface area (Å²) >= 11 is 2.69. The molecular weight excluding hydrogens is 506 g/mol. The first-order chi connectivity index (χ1) is 18.1. The molecule has 37 heavy (non-hydrogen) atoms. The van der Waals surface area contributed by atoms with Gasteiger partial charge in [0.15, 0.2) is 16.7 Å². The first kappa shape index (κ1) is 25.4. The van der Waals surface area contributed by atoms with E-state index in [2.05, 4.69) is 33.5 Å². The molecule has 0 radical (unpaired) electrons. The molecule has 9 heteroatoms. The van der Waals surface area contributed by atoms with Crippen LogP contribution < -0.4 is 20.3 Å². The number of amides is 1. The predicted molar refractivity (Wildman–Crippen MR) is 149 cm³/mol. The standard InChI is InChI=1S/C28H29N3O4S2/c1-34-22-10-7-17(13-23(22)35-2)11-12-29-24(32)16-37-28-30-26(33)25-21(15-36-27(25)31-28)20-9-8-18-5-3-4-6-19(18)14-20/h7-10,13-15H,3-6,11-12,16H2,1-2H3,(H,29,32)(H,30,31,33). The van der Waals surface area contributed by atoms with E-state index in [0.717, 1.165) is 29.5 Å². The van der Waals surface area contributed by atoms with Crippen LogP contribution >= 0.6 is 23.1 Å². The fourth-order valence-electron chi connectivity index (χ4n) is 4.68. The van der Waals surface area contributed by atoms with Crippen molar-refractivity contribution in [3.8, 4) is 22.6 Å². The number of ether oxygens (including phenoxy) is 2. The van der Waals surface area contributed by atoms with Gasteiger partial charge in [-0.1, -0.05) is 36.0 Å². The molecule has 0 spiro atoms. The lowest BCUT2D eigenvalue weighted by atomic mass is 9.89. The minimum absolute atomic E-state index is 0.117. The maximum absolute atomic E-state index is 13.0. The monoisotopic (exact) mass is 535 g/mol. The lowest BCUT2D eigenvalue weighted by Gasteiger charge is -2.16. The highest BCUT2D eigenvalue weighted by molar-refractivity contribution is 7.99. The van der Waals surface area contributed by atoms with Gasteiger partial charge in [-0.3, -0.25) is 9.59 Å². The number of H-pyrrole nitrogens is 1. The molecule has 192 valence electrons. The number of thioether (sulfide) groups is 1. The Bertz CT molecular complexity index is 1490. The summed E-state index contributed by atoms with van der Waals surface area (Å²) in [6, 6.07) is 12.2. The molecule has 0 unspecified atom stereocenters. The van der Waals surface area contributed by atoms with Crippen LogP contribution in [0.25, 0.3) is 21.3 Å². The van der Waals surface area contributed by atoms with Crippen LogP contribution in [0.5, 0.6) is 11.5 Å². The topological polar surface area (TPSA) is 93.3 Å². The van der Waals surface area contributed by atoms with Gasteiger partial charge in [-0.25, -0.2) is 4.98 Å². The maximum Gasteiger partial charge on any atom is 0.260 e. The molecule has 1 aliphatic carbocycles. The number of benzene rings is 2. The summed E-state index contributed by atoms with van der Waals surface area (Å²) in [7, 11) is 3.20. The van der Waals surface area contributed by atoms with E-state index in [0.29, 0.717) is 39.8 Å². The van der Waals surface area contributed by atoms with Crippen LogP contribution in [-0.4, -0.2) is 42.4 Å². The SMILES string of the molecule is COc1ccc(CCNC(=O)CSc2nc3scc(-c4ccc5c(c4)CCCC5)c3c(=O)[nH]2)cc1OC. The first-order valence-electron chi connectivity index (χ1n) is 12.3. The van der Waals surface area contributed by atoms with E-state index in [1.165, 1.54) is 47.1 Å². The highest BCUT2D eigenvalue weighted by Crippen LogP contribution is 2.34.